The van der Waals surface area contributed by atoms with Crippen LogP contribution in [0.5, 0.6) is 5.75 Å². The minimum Gasteiger partial charge on any atom is -0.497 e. The van der Waals surface area contributed by atoms with Gasteiger partial charge in [-0.2, -0.15) is 0 Å². The first-order chi connectivity index (χ1) is 14.2. The number of hydrogen-bond donors (Lipinski definition) is 0. The number of ether oxygens (including phenoxy) is 3. The highest BCUT2D eigenvalue weighted by molar-refractivity contribution is 7.58. The molecule has 0 spiro atoms. The van der Waals surface area contributed by atoms with Gasteiger partial charge in [0.2, 0.25) is 5.50 Å². The molecule has 1 aliphatic heterocycles. The molecule has 2 rings (SSSR count). The summed E-state index contributed by atoms with van der Waals surface area (Å²) in [6.07, 6.45) is 2.73. The van der Waals surface area contributed by atoms with E-state index in [2.05, 4.69) is 0 Å². The molecule has 1 aliphatic rings. The van der Waals surface area contributed by atoms with Gasteiger partial charge in [-0.05, 0) is 58.4 Å². The summed E-state index contributed by atoms with van der Waals surface area (Å²) in [6, 6.07) is 7.54. The SMILES string of the molecule is CCOC(=O)/C=C1\CC(c2ccc(OC)cc2)C=C(P(=O)(OC(C)C)OC(C)C)O1. The zero-order valence-corrected chi connectivity index (χ0v) is 19.3. The predicted octanol–water partition coefficient (Wildman–Crippen LogP) is 5.53. The van der Waals surface area contributed by atoms with Gasteiger partial charge >= 0.3 is 13.6 Å². The third-order valence-corrected chi connectivity index (χ3v) is 6.26. The summed E-state index contributed by atoms with van der Waals surface area (Å²) in [7, 11) is -2.15. The second-order valence-corrected chi connectivity index (χ2v) is 9.22. The lowest BCUT2D eigenvalue weighted by molar-refractivity contribution is -0.137. The molecule has 166 valence electrons. The Hall–Kier alpha value is -2.08. The van der Waals surface area contributed by atoms with Crippen molar-refractivity contribution in [2.45, 2.75) is 59.2 Å². The highest BCUT2D eigenvalue weighted by Gasteiger charge is 2.39. The summed E-state index contributed by atoms with van der Waals surface area (Å²) >= 11 is 0. The molecule has 0 aromatic heterocycles. The largest absolute Gasteiger partial charge is 0.497 e. The lowest BCUT2D eigenvalue weighted by atomic mass is 9.93. The molecular formula is C22H31O7P. The molecule has 0 amide bonds. The van der Waals surface area contributed by atoms with E-state index in [1.807, 2.05) is 24.3 Å². The Morgan fingerprint density at radius 2 is 1.77 bits per heavy atom. The first-order valence-electron chi connectivity index (χ1n) is 10.0. The van der Waals surface area contributed by atoms with Crippen LogP contribution in [0, 0.1) is 0 Å². The van der Waals surface area contributed by atoms with Crippen LogP contribution in [0.3, 0.4) is 0 Å². The highest BCUT2D eigenvalue weighted by Crippen LogP contribution is 2.61. The second kappa shape index (κ2) is 10.8. The zero-order chi connectivity index (χ0) is 22.3. The lowest BCUT2D eigenvalue weighted by Crippen LogP contribution is -2.16. The summed E-state index contributed by atoms with van der Waals surface area (Å²) in [4.78, 5) is 12.0. The summed E-state index contributed by atoms with van der Waals surface area (Å²) in [6.45, 7) is 9.07. The molecule has 0 fully saturated rings. The maximum Gasteiger partial charge on any atom is 0.396 e. The molecule has 1 heterocycles. The van der Waals surface area contributed by atoms with E-state index in [0.717, 1.165) is 11.3 Å². The van der Waals surface area contributed by atoms with Gasteiger partial charge in [-0.3, -0.25) is 4.57 Å². The first-order valence-corrected chi connectivity index (χ1v) is 11.6. The Kier molecular flexibility index (Phi) is 8.71. The molecule has 0 aliphatic carbocycles. The van der Waals surface area contributed by atoms with Crippen LogP contribution in [0.4, 0.5) is 0 Å². The Bertz CT molecular complexity index is 810. The van der Waals surface area contributed by atoms with E-state index in [4.69, 9.17) is 23.3 Å². The number of carbonyl (C=O) groups excluding carboxylic acids is 1. The van der Waals surface area contributed by atoms with E-state index in [9.17, 15) is 9.36 Å². The molecule has 0 radical (unpaired) electrons. The molecule has 0 saturated heterocycles. The maximum absolute atomic E-state index is 13.6. The fourth-order valence-corrected chi connectivity index (χ4v) is 4.92. The van der Waals surface area contributed by atoms with Crippen molar-refractivity contribution in [2.24, 2.45) is 0 Å². The fourth-order valence-electron chi connectivity index (χ4n) is 2.96. The summed E-state index contributed by atoms with van der Waals surface area (Å²) < 4.78 is 41.1. The van der Waals surface area contributed by atoms with Crippen LogP contribution in [0.2, 0.25) is 0 Å². The van der Waals surface area contributed by atoms with E-state index in [-0.39, 0.29) is 30.2 Å². The van der Waals surface area contributed by atoms with Gasteiger partial charge in [0.05, 0.1) is 32.0 Å². The topological polar surface area (TPSA) is 80.3 Å². The first kappa shape index (κ1) is 24.2. The molecule has 0 N–H and O–H groups in total. The van der Waals surface area contributed by atoms with Crippen LogP contribution < -0.4 is 4.74 Å². The van der Waals surface area contributed by atoms with E-state index < -0.39 is 13.6 Å². The number of carbonyl (C=O) groups is 1. The van der Waals surface area contributed by atoms with E-state index >= 15 is 0 Å². The molecule has 0 bridgehead atoms. The quantitative estimate of drug-likeness (QED) is 0.285. The van der Waals surface area contributed by atoms with E-state index in [1.165, 1.54) is 6.08 Å². The van der Waals surface area contributed by atoms with Gasteiger partial charge < -0.3 is 23.3 Å². The van der Waals surface area contributed by atoms with Crippen molar-refractivity contribution in [1.29, 1.82) is 0 Å². The van der Waals surface area contributed by atoms with Crippen molar-refractivity contribution in [3.63, 3.8) is 0 Å². The summed E-state index contributed by atoms with van der Waals surface area (Å²) in [5.74, 6) is 0.354. The van der Waals surface area contributed by atoms with Gasteiger partial charge in [0.15, 0.2) is 0 Å². The van der Waals surface area contributed by atoms with Crippen molar-refractivity contribution in [3.05, 3.63) is 53.2 Å². The number of benzene rings is 1. The minimum atomic E-state index is -3.76. The van der Waals surface area contributed by atoms with Crippen molar-refractivity contribution < 1.29 is 32.6 Å². The summed E-state index contributed by atoms with van der Waals surface area (Å²) in [5.41, 5.74) is 1.03. The predicted molar refractivity (Wildman–Crippen MR) is 114 cm³/mol. The van der Waals surface area contributed by atoms with Gasteiger partial charge in [0.25, 0.3) is 0 Å². The van der Waals surface area contributed by atoms with Gasteiger partial charge in [0, 0.05) is 12.3 Å². The molecule has 0 saturated carbocycles. The molecule has 7 nitrogen and oxygen atoms in total. The minimum absolute atomic E-state index is 0.0764. The third kappa shape index (κ3) is 6.73. The number of rotatable bonds is 9. The standard InChI is InChI=1S/C22H31O7P/c1-7-26-21(23)14-20-12-18(17-8-10-19(25-6)11-9-17)13-22(27-20)30(24,28-15(2)3)29-16(4)5/h8-11,13-16,18H,7,12H2,1-6H3/b20-14+. The second-order valence-electron chi connectivity index (χ2n) is 7.36. The molecular weight excluding hydrogens is 407 g/mol. The van der Waals surface area contributed by atoms with Crippen LogP contribution in [0.1, 0.15) is 52.5 Å². The highest BCUT2D eigenvalue weighted by atomic mass is 31.2. The maximum atomic E-state index is 13.6. The number of methoxy groups -OCH3 is 1. The average Bonchev–Trinajstić information content (AvgIpc) is 2.66. The monoisotopic (exact) mass is 438 g/mol. The number of hydrogen-bond acceptors (Lipinski definition) is 7. The smallest absolute Gasteiger partial charge is 0.396 e. The number of esters is 1. The Morgan fingerprint density at radius 1 is 1.17 bits per heavy atom. The zero-order valence-electron chi connectivity index (χ0n) is 18.4. The average molecular weight is 438 g/mol. The third-order valence-electron chi connectivity index (χ3n) is 4.08. The summed E-state index contributed by atoms with van der Waals surface area (Å²) in [5, 5.41) is 0. The normalized spacial score (nSPS) is 18.3. The van der Waals surface area contributed by atoms with Crippen molar-refractivity contribution >= 4 is 13.6 Å². The van der Waals surface area contributed by atoms with E-state index in [1.54, 1.807) is 47.8 Å². The molecule has 1 unspecified atom stereocenters. The van der Waals surface area contributed by atoms with Gasteiger partial charge in [-0.25, -0.2) is 4.79 Å². The Morgan fingerprint density at radius 3 is 2.27 bits per heavy atom. The fraction of sp³-hybridized carbons (Fsp3) is 0.500. The molecule has 30 heavy (non-hydrogen) atoms. The molecule has 1 aromatic carbocycles. The van der Waals surface area contributed by atoms with Crippen molar-refractivity contribution in [3.8, 4) is 5.75 Å². The molecule has 1 aromatic rings. The van der Waals surface area contributed by atoms with Crippen molar-refractivity contribution in [1.82, 2.24) is 0 Å². The van der Waals surface area contributed by atoms with Crippen molar-refractivity contribution in [2.75, 3.05) is 13.7 Å². The Labute approximate surface area is 178 Å². The van der Waals surface area contributed by atoms with Crippen LogP contribution in [0.25, 0.3) is 0 Å². The van der Waals surface area contributed by atoms with Gasteiger partial charge in [-0.15, -0.1) is 0 Å². The Balaban J connectivity index is 2.48. The van der Waals surface area contributed by atoms with Crippen LogP contribution in [-0.4, -0.2) is 31.9 Å². The lowest BCUT2D eigenvalue weighted by Gasteiger charge is -2.30. The molecule has 1 atom stereocenters. The van der Waals surface area contributed by atoms with E-state index in [0.29, 0.717) is 12.2 Å². The van der Waals surface area contributed by atoms with Crippen LogP contribution >= 0.6 is 7.60 Å². The molecule has 8 heteroatoms. The number of allylic oxidation sites excluding steroid dienone is 2. The van der Waals surface area contributed by atoms with Gasteiger partial charge in [-0.1, -0.05) is 12.1 Å². The van der Waals surface area contributed by atoms with Crippen LogP contribution in [0.15, 0.2) is 47.7 Å². The van der Waals surface area contributed by atoms with Crippen LogP contribution in [-0.2, 0) is 27.9 Å². The van der Waals surface area contributed by atoms with Gasteiger partial charge in [0.1, 0.15) is 11.5 Å².